The summed E-state index contributed by atoms with van der Waals surface area (Å²) in [6, 6.07) is 10.2. The van der Waals surface area contributed by atoms with Gasteiger partial charge in [0.2, 0.25) is 0 Å². The van der Waals surface area contributed by atoms with Crippen LogP contribution < -0.4 is 5.32 Å². The van der Waals surface area contributed by atoms with Crippen LogP contribution in [0.25, 0.3) is 0 Å². The average molecular weight is 319 g/mol. The molecule has 0 radical (unpaired) electrons. The highest BCUT2D eigenvalue weighted by atomic mass is 35.5. The van der Waals surface area contributed by atoms with Crippen LogP contribution in [0.5, 0.6) is 11.5 Å². The molecular formula is C16H15ClN2O3. The number of carbonyl (C=O) groups excluding carboxylic acids is 1. The SMILES string of the molecule is CCN1C(=O)c2ccccc2NC1c1cc(O)c(O)c(Cl)c1. The lowest BCUT2D eigenvalue weighted by molar-refractivity contribution is 0.0694. The summed E-state index contributed by atoms with van der Waals surface area (Å²) in [6.45, 7) is 2.37. The van der Waals surface area contributed by atoms with Crippen LogP contribution in [0.2, 0.25) is 5.02 Å². The standard InChI is InChI=1S/C16H15ClN2O3/c1-2-19-15(9-7-11(17)14(21)13(20)8-9)18-12-6-4-3-5-10(12)16(19)22/h3-8,15,18,20-21H,2H2,1H3. The van der Waals surface area contributed by atoms with E-state index in [9.17, 15) is 15.0 Å². The number of nitrogens with one attached hydrogen (secondary N) is 1. The van der Waals surface area contributed by atoms with Crippen molar-refractivity contribution < 1.29 is 15.0 Å². The number of halogens is 1. The predicted molar refractivity (Wildman–Crippen MR) is 84.3 cm³/mol. The first kappa shape index (κ1) is 14.5. The molecule has 1 aliphatic heterocycles. The van der Waals surface area contributed by atoms with Gasteiger partial charge >= 0.3 is 0 Å². The van der Waals surface area contributed by atoms with Crippen molar-refractivity contribution in [2.75, 3.05) is 11.9 Å². The number of aromatic hydroxyl groups is 2. The molecular weight excluding hydrogens is 304 g/mol. The lowest BCUT2D eigenvalue weighted by Gasteiger charge is -2.37. The predicted octanol–water partition coefficient (Wildman–Crippen LogP) is 3.34. The van der Waals surface area contributed by atoms with Gasteiger partial charge in [0.05, 0.1) is 10.6 Å². The number of nitrogens with zero attached hydrogens (tertiary/aromatic N) is 1. The van der Waals surface area contributed by atoms with Gasteiger partial charge in [-0.3, -0.25) is 4.79 Å². The van der Waals surface area contributed by atoms with Crippen molar-refractivity contribution in [2.24, 2.45) is 0 Å². The minimum absolute atomic E-state index is 0.0409. The van der Waals surface area contributed by atoms with E-state index >= 15 is 0 Å². The lowest BCUT2D eigenvalue weighted by Crippen LogP contribution is -2.42. The third kappa shape index (κ3) is 2.23. The second-order valence-corrected chi connectivity index (χ2v) is 5.46. The Labute approximate surface area is 132 Å². The summed E-state index contributed by atoms with van der Waals surface area (Å²) in [7, 11) is 0. The molecule has 5 nitrogen and oxygen atoms in total. The second-order valence-electron chi connectivity index (χ2n) is 5.05. The third-order valence-electron chi connectivity index (χ3n) is 3.74. The molecule has 3 rings (SSSR count). The molecule has 0 aromatic heterocycles. The van der Waals surface area contributed by atoms with Crippen molar-refractivity contribution >= 4 is 23.2 Å². The normalized spacial score (nSPS) is 17.1. The minimum Gasteiger partial charge on any atom is -0.504 e. The van der Waals surface area contributed by atoms with Crippen molar-refractivity contribution in [2.45, 2.75) is 13.1 Å². The fourth-order valence-corrected chi connectivity index (χ4v) is 2.87. The van der Waals surface area contributed by atoms with Gasteiger partial charge in [-0.05, 0) is 31.2 Å². The molecule has 0 saturated carbocycles. The Balaban J connectivity index is 2.09. The van der Waals surface area contributed by atoms with E-state index in [0.29, 0.717) is 17.7 Å². The van der Waals surface area contributed by atoms with Crippen molar-refractivity contribution in [3.8, 4) is 11.5 Å². The summed E-state index contributed by atoms with van der Waals surface area (Å²) < 4.78 is 0. The van der Waals surface area contributed by atoms with Gasteiger partial charge in [-0.2, -0.15) is 0 Å². The van der Waals surface area contributed by atoms with Crippen molar-refractivity contribution in [3.05, 3.63) is 52.5 Å². The molecule has 0 aliphatic carbocycles. The monoisotopic (exact) mass is 318 g/mol. The number of phenols is 2. The first-order valence-electron chi connectivity index (χ1n) is 6.90. The van der Waals surface area contributed by atoms with E-state index in [1.165, 1.54) is 12.1 Å². The quantitative estimate of drug-likeness (QED) is 0.743. The van der Waals surface area contributed by atoms with Crippen LogP contribution in [0.4, 0.5) is 5.69 Å². The molecule has 1 atom stereocenters. The van der Waals surface area contributed by atoms with Crippen LogP contribution in [-0.2, 0) is 0 Å². The van der Waals surface area contributed by atoms with E-state index in [1.54, 1.807) is 11.0 Å². The number of amides is 1. The highest BCUT2D eigenvalue weighted by Crippen LogP contribution is 2.39. The van der Waals surface area contributed by atoms with Crippen molar-refractivity contribution in [3.63, 3.8) is 0 Å². The number of carbonyl (C=O) groups is 1. The van der Waals surface area contributed by atoms with Crippen LogP contribution in [0.1, 0.15) is 29.0 Å². The number of fused-ring (bicyclic) bond motifs is 1. The first-order valence-corrected chi connectivity index (χ1v) is 7.28. The largest absolute Gasteiger partial charge is 0.504 e. The molecule has 22 heavy (non-hydrogen) atoms. The van der Waals surface area contributed by atoms with E-state index in [0.717, 1.165) is 5.69 Å². The van der Waals surface area contributed by atoms with E-state index in [4.69, 9.17) is 11.6 Å². The van der Waals surface area contributed by atoms with Crippen LogP contribution in [0.15, 0.2) is 36.4 Å². The van der Waals surface area contributed by atoms with Gasteiger partial charge in [-0.25, -0.2) is 0 Å². The van der Waals surface area contributed by atoms with Crippen LogP contribution >= 0.6 is 11.6 Å². The Morgan fingerprint density at radius 1 is 1.27 bits per heavy atom. The number of hydrogen-bond donors (Lipinski definition) is 3. The lowest BCUT2D eigenvalue weighted by atomic mass is 10.0. The highest BCUT2D eigenvalue weighted by molar-refractivity contribution is 6.32. The number of phenolic OH excluding ortho intramolecular Hbond substituents is 2. The maximum Gasteiger partial charge on any atom is 0.257 e. The molecule has 114 valence electrons. The maximum atomic E-state index is 12.6. The van der Waals surface area contributed by atoms with E-state index in [1.807, 2.05) is 25.1 Å². The molecule has 1 aliphatic rings. The summed E-state index contributed by atoms with van der Waals surface area (Å²) in [5.74, 6) is -0.770. The summed E-state index contributed by atoms with van der Waals surface area (Å²) in [5, 5.41) is 22.7. The van der Waals surface area contributed by atoms with Crippen molar-refractivity contribution in [1.82, 2.24) is 4.90 Å². The van der Waals surface area contributed by atoms with Crippen LogP contribution in [-0.4, -0.2) is 27.6 Å². The van der Waals surface area contributed by atoms with Crippen LogP contribution in [0.3, 0.4) is 0 Å². The number of hydrogen-bond acceptors (Lipinski definition) is 4. The average Bonchev–Trinajstić information content (AvgIpc) is 2.52. The fraction of sp³-hybridized carbons (Fsp3) is 0.188. The molecule has 0 spiro atoms. The van der Waals surface area contributed by atoms with Gasteiger partial charge in [-0.1, -0.05) is 23.7 Å². The fourth-order valence-electron chi connectivity index (χ4n) is 2.64. The van der Waals surface area contributed by atoms with E-state index < -0.39 is 6.17 Å². The van der Waals surface area contributed by atoms with Gasteiger partial charge in [0.1, 0.15) is 6.17 Å². The molecule has 3 N–H and O–H groups in total. The second kappa shape index (κ2) is 5.42. The molecule has 2 aromatic carbocycles. The summed E-state index contributed by atoms with van der Waals surface area (Å²) in [4.78, 5) is 14.3. The highest BCUT2D eigenvalue weighted by Gasteiger charge is 2.32. The first-order chi connectivity index (χ1) is 10.5. The van der Waals surface area contributed by atoms with Gasteiger partial charge in [-0.15, -0.1) is 0 Å². The smallest absolute Gasteiger partial charge is 0.257 e. The zero-order valence-corrected chi connectivity index (χ0v) is 12.6. The minimum atomic E-state index is -0.462. The Morgan fingerprint density at radius 2 is 2.00 bits per heavy atom. The summed E-state index contributed by atoms with van der Waals surface area (Å²) in [5.41, 5.74) is 1.94. The molecule has 6 heteroatoms. The topological polar surface area (TPSA) is 72.8 Å². The number of benzene rings is 2. The Bertz CT molecular complexity index is 725. The number of para-hydroxylation sites is 1. The Morgan fingerprint density at radius 3 is 2.68 bits per heavy atom. The van der Waals surface area contributed by atoms with E-state index in [-0.39, 0.29) is 22.4 Å². The number of anilines is 1. The zero-order chi connectivity index (χ0) is 15.9. The molecule has 0 fully saturated rings. The number of rotatable bonds is 2. The van der Waals surface area contributed by atoms with Gasteiger partial charge in [0, 0.05) is 17.8 Å². The molecule has 1 heterocycles. The molecule has 0 bridgehead atoms. The van der Waals surface area contributed by atoms with Gasteiger partial charge in [0.15, 0.2) is 11.5 Å². The molecule has 1 unspecified atom stereocenters. The Kier molecular flexibility index (Phi) is 3.58. The van der Waals surface area contributed by atoms with Gasteiger partial charge < -0.3 is 20.4 Å². The zero-order valence-electron chi connectivity index (χ0n) is 11.9. The van der Waals surface area contributed by atoms with Crippen molar-refractivity contribution in [1.29, 1.82) is 0 Å². The maximum absolute atomic E-state index is 12.6. The van der Waals surface area contributed by atoms with Gasteiger partial charge in [0.25, 0.3) is 5.91 Å². The Hall–Kier alpha value is -2.40. The third-order valence-corrected chi connectivity index (χ3v) is 4.03. The molecule has 0 saturated heterocycles. The summed E-state index contributed by atoms with van der Waals surface area (Å²) in [6.07, 6.45) is -0.462. The van der Waals surface area contributed by atoms with E-state index in [2.05, 4.69) is 5.32 Å². The summed E-state index contributed by atoms with van der Waals surface area (Å²) >= 11 is 5.92. The molecule has 1 amide bonds. The van der Waals surface area contributed by atoms with Crippen LogP contribution in [0, 0.1) is 0 Å². The molecule has 2 aromatic rings.